The fourth-order valence-electron chi connectivity index (χ4n) is 1.37. The van der Waals surface area contributed by atoms with E-state index in [4.69, 9.17) is 5.73 Å². The quantitative estimate of drug-likeness (QED) is 0.750. The second kappa shape index (κ2) is 4.33. The van der Waals surface area contributed by atoms with Crippen molar-refractivity contribution in [2.45, 2.75) is 24.8 Å². The number of hydrogen-bond acceptors (Lipinski definition) is 5. The fourth-order valence-corrected chi connectivity index (χ4v) is 2.39. The Bertz CT molecular complexity index is 642. The minimum Gasteiger partial charge on any atom is -0.383 e. The minimum absolute atomic E-state index is 0.00853. The smallest absolute Gasteiger partial charge is 0.268 e. The molecule has 2 aromatic heterocycles. The van der Waals surface area contributed by atoms with E-state index in [1.54, 1.807) is 16.9 Å². The van der Waals surface area contributed by atoms with Crippen molar-refractivity contribution in [1.82, 2.24) is 20.0 Å². The van der Waals surface area contributed by atoms with Crippen LogP contribution >= 0.6 is 0 Å². The maximum Gasteiger partial charge on any atom is 0.268 e. The summed E-state index contributed by atoms with van der Waals surface area (Å²) in [6.45, 7) is 3.89. The number of sulfonamides is 1. The van der Waals surface area contributed by atoms with Gasteiger partial charge in [-0.15, -0.1) is 0 Å². The van der Waals surface area contributed by atoms with Gasteiger partial charge in [0.25, 0.3) is 10.0 Å². The lowest BCUT2D eigenvalue weighted by molar-refractivity contribution is 0.534. The van der Waals surface area contributed by atoms with Crippen LogP contribution in [0.4, 0.5) is 11.6 Å². The Balaban J connectivity index is 2.25. The number of nitrogens with two attached hydrogens (primary N) is 1. The zero-order chi connectivity index (χ0) is 13.3. The SMILES string of the molecule is CC(C)n1ccc(NS(=O)(=O)c2cn[nH]c2N)n1. The molecule has 0 fully saturated rings. The average Bonchev–Trinajstić information content (AvgIpc) is 2.86. The number of rotatable bonds is 4. The van der Waals surface area contributed by atoms with Crippen molar-refractivity contribution >= 4 is 21.7 Å². The molecule has 0 saturated carbocycles. The first-order valence-electron chi connectivity index (χ1n) is 5.27. The van der Waals surface area contributed by atoms with Crippen LogP contribution in [-0.4, -0.2) is 28.4 Å². The molecule has 4 N–H and O–H groups in total. The molecular weight excluding hydrogens is 256 g/mol. The van der Waals surface area contributed by atoms with Gasteiger partial charge in [0, 0.05) is 18.3 Å². The Morgan fingerprint density at radius 1 is 1.50 bits per heavy atom. The maximum atomic E-state index is 12.0. The van der Waals surface area contributed by atoms with Crippen LogP contribution in [-0.2, 0) is 10.0 Å². The van der Waals surface area contributed by atoms with Crippen LogP contribution in [0.5, 0.6) is 0 Å². The molecule has 0 aliphatic carbocycles. The third-order valence-corrected chi connectivity index (χ3v) is 3.68. The second-order valence-electron chi connectivity index (χ2n) is 4.03. The molecule has 0 aliphatic heterocycles. The van der Waals surface area contributed by atoms with E-state index in [0.717, 1.165) is 6.20 Å². The standard InChI is InChI=1S/C9H14N6O2S/c1-6(2)15-4-3-8(13-15)14-18(16,17)7-5-11-12-9(7)10/h3-6H,1-2H3,(H,13,14)(H3,10,11,12). The maximum absolute atomic E-state index is 12.0. The van der Waals surface area contributed by atoms with Gasteiger partial charge in [0.05, 0.1) is 6.20 Å². The van der Waals surface area contributed by atoms with Crippen molar-refractivity contribution in [2.75, 3.05) is 10.5 Å². The Morgan fingerprint density at radius 3 is 2.72 bits per heavy atom. The third kappa shape index (κ3) is 2.30. The van der Waals surface area contributed by atoms with E-state index in [1.165, 1.54) is 0 Å². The summed E-state index contributed by atoms with van der Waals surface area (Å²) in [5.74, 6) is 0.232. The summed E-state index contributed by atoms with van der Waals surface area (Å²) in [6.07, 6.45) is 2.85. The number of nitrogens with one attached hydrogen (secondary N) is 2. The molecule has 9 heteroatoms. The monoisotopic (exact) mass is 270 g/mol. The van der Waals surface area contributed by atoms with Crippen LogP contribution in [0.15, 0.2) is 23.4 Å². The number of anilines is 2. The molecule has 0 radical (unpaired) electrons. The van der Waals surface area contributed by atoms with Gasteiger partial charge >= 0.3 is 0 Å². The molecule has 0 aliphatic rings. The van der Waals surface area contributed by atoms with Gasteiger partial charge in [-0.2, -0.15) is 10.2 Å². The van der Waals surface area contributed by atoms with Crippen LogP contribution < -0.4 is 10.5 Å². The molecule has 0 unspecified atom stereocenters. The average molecular weight is 270 g/mol. The third-order valence-electron chi connectivity index (χ3n) is 2.30. The molecule has 0 bridgehead atoms. The molecule has 98 valence electrons. The zero-order valence-corrected chi connectivity index (χ0v) is 10.8. The van der Waals surface area contributed by atoms with Crippen molar-refractivity contribution in [2.24, 2.45) is 0 Å². The van der Waals surface area contributed by atoms with Gasteiger partial charge in [-0.1, -0.05) is 0 Å². The Labute approximate surface area is 104 Å². The van der Waals surface area contributed by atoms with E-state index in [1.807, 2.05) is 13.8 Å². The number of nitrogen functional groups attached to an aromatic ring is 1. The summed E-state index contributed by atoms with van der Waals surface area (Å²) in [6, 6.07) is 1.73. The van der Waals surface area contributed by atoms with Crippen molar-refractivity contribution in [3.63, 3.8) is 0 Å². The Kier molecular flexibility index (Phi) is 2.99. The summed E-state index contributed by atoms with van der Waals surface area (Å²) in [5, 5.41) is 10.0. The molecule has 2 rings (SSSR count). The molecule has 0 spiro atoms. The van der Waals surface area contributed by atoms with E-state index in [9.17, 15) is 8.42 Å². The summed E-state index contributed by atoms with van der Waals surface area (Å²) >= 11 is 0. The molecule has 0 atom stereocenters. The van der Waals surface area contributed by atoms with Crippen molar-refractivity contribution < 1.29 is 8.42 Å². The van der Waals surface area contributed by atoms with Gasteiger partial charge in [0.1, 0.15) is 10.7 Å². The number of aromatic amines is 1. The number of hydrogen-bond donors (Lipinski definition) is 3. The van der Waals surface area contributed by atoms with Crippen LogP contribution in [0.1, 0.15) is 19.9 Å². The lowest BCUT2D eigenvalue weighted by Gasteiger charge is -2.05. The van der Waals surface area contributed by atoms with Gasteiger partial charge in [-0.05, 0) is 13.8 Å². The first kappa shape index (κ1) is 12.4. The molecular formula is C9H14N6O2S. The fraction of sp³-hybridized carbons (Fsp3) is 0.333. The highest BCUT2D eigenvalue weighted by Gasteiger charge is 2.20. The summed E-state index contributed by atoms with van der Waals surface area (Å²) in [7, 11) is -3.76. The lowest BCUT2D eigenvalue weighted by atomic mass is 10.4. The van der Waals surface area contributed by atoms with Gasteiger partial charge in [0.15, 0.2) is 5.82 Å². The molecule has 0 saturated heterocycles. The Morgan fingerprint density at radius 2 is 2.22 bits per heavy atom. The summed E-state index contributed by atoms with van der Waals surface area (Å²) in [4.78, 5) is -0.0957. The van der Waals surface area contributed by atoms with E-state index >= 15 is 0 Å². The van der Waals surface area contributed by atoms with Crippen LogP contribution in [0.3, 0.4) is 0 Å². The highest BCUT2D eigenvalue weighted by molar-refractivity contribution is 7.92. The van der Waals surface area contributed by atoms with Crippen molar-refractivity contribution in [3.8, 4) is 0 Å². The van der Waals surface area contributed by atoms with Crippen molar-refractivity contribution in [1.29, 1.82) is 0 Å². The molecule has 18 heavy (non-hydrogen) atoms. The van der Waals surface area contributed by atoms with Crippen LogP contribution in [0.25, 0.3) is 0 Å². The van der Waals surface area contributed by atoms with Crippen molar-refractivity contribution in [3.05, 3.63) is 18.5 Å². The summed E-state index contributed by atoms with van der Waals surface area (Å²) in [5.41, 5.74) is 5.47. The van der Waals surface area contributed by atoms with Gasteiger partial charge in [-0.3, -0.25) is 14.5 Å². The lowest BCUT2D eigenvalue weighted by Crippen LogP contribution is -2.14. The minimum atomic E-state index is -3.76. The normalized spacial score (nSPS) is 11.9. The van der Waals surface area contributed by atoms with Crippen LogP contribution in [0, 0.1) is 0 Å². The van der Waals surface area contributed by atoms with E-state index < -0.39 is 10.0 Å². The molecule has 8 nitrogen and oxygen atoms in total. The van der Waals surface area contributed by atoms with Crippen LogP contribution in [0.2, 0.25) is 0 Å². The van der Waals surface area contributed by atoms with E-state index in [-0.39, 0.29) is 22.6 Å². The second-order valence-corrected chi connectivity index (χ2v) is 5.68. The molecule has 0 amide bonds. The number of nitrogens with zero attached hydrogens (tertiary/aromatic N) is 3. The molecule has 2 heterocycles. The molecule has 0 aromatic carbocycles. The number of aromatic nitrogens is 4. The highest BCUT2D eigenvalue weighted by Crippen LogP contribution is 2.18. The van der Waals surface area contributed by atoms with E-state index in [0.29, 0.717) is 0 Å². The van der Waals surface area contributed by atoms with E-state index in [2.05, 4.69) is 20.0 Å². The predicted octanol–water partition coefficient (Wildman–Crippen LogP) is 0.570. The van der Waals surface area contributed by atoms with Gasteiger partial charge in [-0.25, -0.2) is 8.42 Å². The highest BCUT2D eigenvalue weighted by atomic mass is 32.2. The summed E-state index contributed by atoms with van der Waals surface area (Å²) < 4.78 is 27.9. The Hall–Kier alpha value is -2.03. The van der Waals surface area contributed by atoms with Gasteiger partial charge in [0.2, 0.25) is 0 Å². The first-order chi connectivity index (χ1) is 8.40. The predicted molar refractivity (Wildman–Crippen MR) is 66.4 cm³/mol. The number of H-pyrrole nitrogens is 1. The van der Waals surface area contributed by atoms with Gasteiger partial charge < -0.3 is 5.73 Å². The molecule has 2 aromatic rings. The largest absolute Gasteiger partial charge is 0.383 e. The topological polar surface area (TPSA) is 119 Å². The zero-order valence-electron chi connectivity index (χ0n) is 9.95. The first-order valence-corrected chi connectivity index (χ1v) is 6.75.